The summed E-state index contributed by atoms with van der Waals surface area (Å²) in [4.78, 5) is 28.1. The lowest BCUT2D eigenvalue weighted by atomic mass is 10.2. The lowest BCUT2D eigenvalue weighted by molar-refractivity contribution is -0.120. The number of hydrogen-bond donors (Lipinski definition) is 0. The summed E-state index contributed by atoms with van der Waals surface area (Å²) in [5.41, 5.74) is 2.36. The van der Waals surface area contributed by atoms with Gasteiger partial charge in [0.1, 0.15) is 10.7 Å². The summed E-state index contributed by atoms with van der Waals surface area (Å²) < 4.78 is 0. The van der Waals surface area contributed by atoms with Crippen LogP contribution in [0.2, 0.25) is 0 Å². The Morgan fingerprint density at radius 3 is 2.17 bits per heavy atom. The Bertz CT molecular complexity index is 815. The van der Waals surface area contributed by atoms with E-state index in [0.29, 0.717) is 5.69 Å². The summed E-state index contributed by atoms with van der Waals surface area (Å²) in [5, 5.41) is -0.0652. The Labute approximate surface area is 139 Å². The van der Waals surface area contributed by atoms with Crippen molar-refractivity contribution in [2.75, 3.05) is 16.8 Å². The zero-order valence-corrected chi connectivity index (χ0v) is 13.5. The van der Waals surface area contributed by atoms with Crippen molar-refractivity contribution in [2.24, 2.45) is 0 Å². The third-order valence-corrected chi connectivity index (χ3v) is 4.18. The van der Waals surface area contributed by atoms with Crippen LogP contribution in [-0.2, 0) is 9.59 Å². The zero-order valence-electron chi connectivity index (χ0n) is 12.8. The highest BCUT2D eigenvalue weighted by Crippen LogP contribution is 2.33. The first-order valence-electron chi connectivity index (χ1n) is 7.15. The van der Waals surface area contributed by atoms with E-state index in [1.165, 1.54) is 0 Å². The average Bonchev–Trinajstić information content (AvgIpc) is 2.78. The fraction of sp³-hybridized carbons (Fsp3) is 0.111. The third kappa shape index (κ3) is 2.51. The molecule has 23 heavy (non-hydrogen) atoms. The maximum atomic E-state index is 12.8. The van der Waals surface area contributed by atoms with E-state index >= 15 is 0 Å². The molecule has 0 fully saturated rings. The van der Waals surface area contributed by atoms with Gasteiger partial charge in [-0.1, -0.05) is 48.0 Å². The van der Waals surface area contributed by atoms with E-state index < -0.39 is 11.8 Å². The minimum Gasteiger partial charge on any atom is -0.339 e. The van der Waals surface area contributed by atoms with Crippen molar-refractivity contribution in [3.05, 3.63) is 70.9 Å². The molecule has 0 bridgehead atoms. The Morgan fingerprint density at radius 1 is 0.913 bits per heavy atom. The molecule has 5 heteroatoms. The van der Waals surface area contributed by atoms with Gasteiger partial charge in [0.25, 0.3) is 11.8 Å². The number of para-hydroxylation sites is 2. The summed E-state index contributed by atoms with van der Waals surface area (Å²) >= 11 is 6.19. The van der Waals surface area contributed by atoms with Crippen LogP contribution in [0.4, 0.5) is 11.4 Å². The number of rotatable bonds is 3. The maximum Gasteiger partial charge on any atom is 0.283 e. The van der Waals surface area contributed by atoms with Gasteiger partial charge in [-0.2, -0.15) is 0 Å². The van der Waals surface area contributed by atoms with Gasteiger partial charge in [0.2, 0.25) is 0 Å². The van der Waals surface area contributed by atoms with Crippen molar-refractivity contribution in [3.63, 3.8) is 0 Å². The zero-order chi connectivity index (χ0) is 16.6. The number of carbonyl (C=O) groups excluding carboxylic acids is 2. The molecule has 0 radical (unpaired) electrons. The SMILES string of the molecule is Cc1ccccc1N1C(=O)C(Cl)=C(N(C)c2ccccc2)C1=O. The molecule has 1 aliphatic heterocycles. The molecule has 116 valence electrons. The number of amides is 2. The molecule has 0 saturated heterocycles. The van der Waals surface area contributed by atoms with Gasteiger partial charge >= 0.3 is 0 Å². The Kier molecular flexibility index (Phi) is 3.92. The molecule has 0 aliphatic carbocycles. The molecule has 0 atom stereocenters. The largest absolute Gasteiger partial charge is 0.339 e. The van der Waals surface area contributed by atoms with Gasteiger partial charge < -0.3 is 4.90 Å². The average molecular weight is 327 g/mol. The topological polar surface area (TPSA) is 40.6 Å². The van der Waals surface area contributed by atoms with Gasteiger partial charge in [-0.3, -0.25) is 9.59 Å². The Balaban J connectivity index is 2.02. The third-order valence-electron chi connectivity index (χ3n) is 3.84. The molecule has 2 aromatic rings. The van der Waals surface area contributed by atoms with Gasteiger partial charge in [-0.25, -0.2) is 4.90 Å². The van der Waals surface area contributed by atoms with Crippen LogP contribution in [0.15, 0.2) is 65.3 Å². The predicted octanol–water partition coefficient (Wildman–Crippen LogP) is 3.46. The number of anilines is 2. The van der Waals surface area contributed by atoms with E-state index in [-0.39, 0.29) is 10.7 Å². The van der Waals surface area contributed by atoms with E-state index in [4.69, 9.17) is 11.6 Å². The second-order valence-electron chi connectivity index (χ2n) is 5.29. The number of benzene rings is 2. The Morgan fingerprint density at radius 2 is 1.52 bits per heavy atom. The first-order chi connectivity index (χ1) is 11.0. The second kappa shape index (κ2) is 5.89. The molecule has 2 amide bonds. The van der Waals surface area contributed by atoms with Gasteiger partial charge in [-0.05, 0) is 30.7 Å². The first-order valence-corrected chi connectivity index (χ1v) is 7.53. The smallest absolute Gasteiger partial charge is 0.283 e. The van der Waals surface area contributed by atoms with Crippen molar-refractivity contribution < 1.29 is 9.59 Å². The highest BCUT2D eigenvalue weighted by molar-refractivity contribution is 6.53. The van der Waals surface area contributed by atoms with E-state index in [2.05, 4.69) is 0 Å². The number of aryl methyl sites for hydroxylation is 1. The van der Waals surface area contributed by atoms with Crippen molar-refractivity contribution in [1.82, 2.24) is 0 Å². The van der Waals surface area contributed by atoms with Crippen molar-refractivity contribution in [2.45, 2.75) is 6.92 Å². The van der Waals surface area contributed by atoms with Gasteiger partial charge in [0, 0.05) is 12.7 Å². The van der Waals surface area contributed by atoms with Gasteiger partial charge in [0.15, 0.2) is 0 Å². The monoisotopic (exact) mass is 326 g/mol. The summed E-state index contributed by atoms with van der Waals surface area (Å²) in [7, 11) is 1.72. The molecule has 0 saturated carbocycles. The number of nitrogens with zero attached hydrogens (tertiary/aromatic N) is 2. The fourth-order valence-electron chi connectivity index (χ4n) is 2.60. The molecule has 0 aromatic heterocycles. The van der Waals surface area contributed by atoms with Crippen LogP contribution < -0.4 is 9.80 Å². The van der Waals surface area contributed by atoms with Crippen LogP contribution >= 0.6 is 11.6 Å². The summed E-state index contributed by atoms with van der Waals surface area (Å²) in [5.74, 6) is -0.913. The number of hydrogen-bond acceptors (Lipinski definition) is 3. The summed E-state index contributed by atoms with van der Waals surface area (Å²) in [6, 6.07) is 16.5. The maximum absolute atomic E-state index is 12.8. The van der Waals surface area contributed by atoms with E-state index in [1.54, 1.807) is 24.1 Å². The lowest BCUT2D eigenvalue weighted by Crippen LogP contribution is -2.34. The highest BCUT2D eigenvalue weighted by Gasteiger charge is 2.41. The van der Waals surface area contributed by atoms with Gasteiger partial charge in [0.05, 0.1) is 5.69 Å². The first kappa shape index (κ1) is 15.3. The molecule has 0 unspecified atom stereocenters. The summed E-state index contributed by atoms with van der Waals surface area (Å²) in [6.45, 7) is 1.85. The second-order valence-corrected chi connectivity index (χ2v) is 5.67. The molecular weight excluding hydrogens is 312 g/mol. The van der Waals surface area contributed by atoms with Crippen LogP contribution in [0.25, 0.3) is 0 Å². The molecule has 3 rings (SSSR count). The molecule has 2 aromatic carbocycles. The fourth-order valence-corrected chi connectivity index (χ4v) is 2.89. The van der Waals surface area contributed by atoms with E-state index in [1.807, 2.05) is 49.4 Å². The highest BCUT2D eigenvalue weighted by atomic mass is 35.5. The van der Waals surface area contributed by atoms with Crippen LogP contribution in [0.5, 0.6) is 0 Å². The van der Waals surface area contributed by atoms with Crippen LogP contribution in [-0.4, -0.2) is 18.9 Å². The van der Waals surface area contributed by atoms with Crippen molar-refractivity contribution in [1.29, 1.82) is 0 Å². The van der Waals surface area contributed by atoms with Crippen LogP contribution in [0.1, 0.15) is 5.56 Å². The Hall–Kier alpha value is -2.59. The van der Waals surface area contributed by atoms with E-state index in [9.17, 15) is 9.59 Å². The number of carbonyl (C=O) groups is 2. The molecule has 1 aliphatic rings. The van der Waals surface area contributed by atoms with Crippen molar-refractivity contribution in [3.8, 4) is 0 Å². The molecule has 0 spiro atoms. The molecular formula is C18H15ClN2O2. The normalized spacial score (nSPS) is 14.7. The quantitative estimate of drug-likeness (QED) is 0.811. The lowest BCUT2D eigenvalue weighted by Gasteiger charge is -2.21. The van der Waals surface area contributed by atoms with Gasteiger partial charge in [-0.15, -0.1) is 0 Å². The summed E-state index contributed by atoms with van der Waals surface area (Å²) in [6.07, 6.45) is 0. The van der Waals surface area contributed by atoms with Crippen LogP contribution in [0, 0.1) is 6.92 Å². The molecule has 4 nitrogen and oxygen atoms in total. The minimum absolute atomic E-state index is 0.0652. The number of likely N-dealkylation sites (N-methyl/N-ethyl adjacent to an activating group) is 1. The van der Waals surface area contributed by atoms with Crippen LogP contribution in [0.3, 0.4) is 0 Å². The van der Waals surface area contributed by atoms with E-state index in [0.717, 1.165) is 16.2 Å². The number of halogens is 1. The minimum atomic E-state index is -0.497. The molecule has 1 heterocycles. The van der Waals surface area contributed by atoms with Crippen molar-refractivity contribution >= 4 is 34.8 Å². The standard InChI is InChI=1S/C18H15ClN2O2/c1-12-8-6-7-11-14(12)21-17(22)15(19)16(18(21)23)20(2)13-9-4-3-5-10-13/h3-11H,1-2H3. The predicted molar refractivity (Wildman–Crippen MR) is 91.4 cm³/mol. The molecule has 0 N–H and O–H groups in total. The number of imide groups is 1.